The van der Waals surface area contributed by atoms with Crippen molar-refractivity contribution in [3.8, 4) is 0 Å². The maximum absolute atomic E-state index is 14.5. The quantitative estimate of drug-likeness (QED) is 0.670. The molecule has 2 saturated heterocycles. The van der Waals surface area contributed by atoms with Crippen molar-refractivity contribution in [2.75, 3.05) is 26.0 Å². The van der Waals surface area contributed by atoms with Gasteiger partial charge in [0.25, 0.3) is 5.91 Å². The number of carbonyl (C=O) groups is 2. The molecule has 0 saturated carbocycles. The lowest BCUT2D eigenvalue weighted by Crippen LogP contribution is -2.50. The van der Waals surface area contributed by atoms with Crippen molar-refractivity contribution in [1.29, 1.82) is 0 Å². The smallest absolute Gasteiger partial charge is 0.254 e. The number of carbonyl (C=O) groups excluding carboxylic acids is 2. The van der Waals surface area contributed by atoms with E-state index < -0.39 is 45.4 Å². The van der Waals surface area contributed by atoms with E-state index >= 15 is 0 Å². The third kappa shape index (κ3) is 4.97. The van der Waals surface area contributed by atoms with Crippen LogP contribution < -0.4 is 5.32 Å². The number of amides is 2. The molecule has 0 bridgehead atoms. The Bertz CT molecular complexity index is 1220. The molecule has 0 unspecified atom stereocenters. The van der Waals surface area contributed by atoms with Crippen molar-refractivity contribution in [3.05, 3.63) is 65.2 Å². The number of nitrogens with zero attached hydrogens (tertiary/aromatic N) is 1. The predicted octanol–water partition coefficient (Wildman–Crippen LogP) is 2.72. The minimum absolute atomic E-state index is 0.0171. The van der Waals surface area contributed by atoms with Gasteiger partial charge in [0.05, 0.1) is 24.2 Å². The first-order valence-electron chi connectivity index (χ1n) is 11.0. The van der Waals surface area contributed by atoms with E-state index in [1.165, 1.54) is 35.2 Å². The SMILES string of the molecule is C[C@@H]1C[C@H](C(=O)N[C@@H](c2ccc(F)cc2F)C2COC2)N(C(=O)c2cccc(S(C)(=O)=O)c2)C1. The molecular weight excluding hydrogens is 466 g/mol. The molecule has 0 radical (unpaired) electrons. The van der Waals surface area contributed by atoms with Crippen LogP contribution in [0.25, 0.3) is 0 Å². The Morgan fingerprint density at radius 1 is 1.15 bits per heavy atom. The van der Waals surface area contributed by atoms with Crippen molar-refractivity contribution in [1.82, 2.24) is 10.2 Å². The maximum Gasteiger partial charge on any atom is 0.254 e. The number of hydrogen-bond acceptors (Lipinski definition) is 5. The zero-order chi connectivity index (χ0) is 24.6. The van der Waals surface area contributed by atoms with Crippen LogP contribution >= 0.6 is 0 Å². The highest BCUT2D eigenvalue weighted by atomic mass is 32.2. The molecule has 0 aliphatic carbocycles. The molecule has 1 N–H and O–H groups in total. The molecule has 7 nitrogen and oxygen atoms in total. The van der Waals surface area contributed by atoms with Gasteiger partial charge in [-0.25, -0.2) is 17.2 Å². The molecule has 10 heteroatoms. The van der Waals surface area contributed by atoms with Gasteiger partial charge in [-0.05, 0) is 36.6 Å². The summed E-state index contributed by atoms with van der Waals surface area (Å²) in [4.78, 5) is 28.0. The Labute approximate surface area is 197 Å². The molecule has 2 heterocycles. The predicted molar refractivity (Wildman–Crippen MR) is 120 cm³/mol. The Balaban J connectivity index is 1.58. The first-order chi connectivity index (χ1) is 16.0. The van der Waals surface area contributed by atoms with Crippen LogP contribution in [0.4, 0.5) is 8.78 Å². The maximum atomic E-state index is 14.5. The lowest BCUT2D eigenvalue weighted by Gasteiger charge is -2.36. The number of nitrogens with one attached hydrogen (secondary N) is 1. The zero-order valence-corrected chi connectivity index (χ0v) is 19.6. The second kappa shape index (κ2) is 9.42. The lowest BCUT2D eigenvalue weighted by molar-refractivity contribution is -0.128. The number of rotatable bonds is 6. The van der Waals surface area contributed by atoms with Gasteiger partial charge in [0.1, 0.15) is 17.7 Å². The van der Waals surface area contributed by atoms with Crippen LogP contribution in [-0.4, -0.2) is 57.2 Å². The van der Waals surface area contributed by atoms with E-state index in [0.29, 0.717) is 26.2 Å². The number of halogens is 2. The van der Waals surface area contributed by atoms with Crippen LogP contribution in [0.1, 0.15) is 35.3 Å². The summed E-state index contributed by atoms with van der Waals surface area (Å²) in [6.45, 7) is 2.88. The molecule has 4 rings (SSSR count). The standard InChI is InChI=1S/C24H26F2N2O5S/c1-14-8-21(28(11-14)24(30)15-4-3-5-18(9-15)34(2,31)32)23(29)27-22(16-12-33-13-16)19-7-6-17(25)10-20(19)26/h3-7,9-10,14,16,21-22H,8,11-13H2,1-2H3,(H,27,29)/t14-,21-,22-/m1/s1. The van der Waals surface area contributed by atoms with Crippen LogP contribution in [0, 0.1) is 23.5 Å². The van der Waals surface area contributed by atoms with Crippen LogP contribution in [0.15, 0.2) is 47.4 Å². The van der Waals surface area contributed by atoms with Gasteiger partial charge in [-0.2, -0.15) is 0 Å². The third-order valence-corrected chi connectivity index (χ3v) is 7.42. The number of likely N-dealkylation sites (tertiary alicyclic amines) is 1. The van der Waals surface area contributed by atoms with Crippen molar-refractivity contribution >= 4 is 21.7 Å². The van der Waals surface area contributed by atoms with Gasteiger partial charge in [-0.15, -0.1) is 0 Å². The summed E-state index contributed by atoms with van der Waals surface area (Å²) in [5.74, 6) is -2.52. The summed E-state index contributed by atoms with van der Waals surface area (Å²) in [5, 5.41) is 2.86. The molecule has 2 fully saturated rings. The molecule has 3 atom stereocenters. The normalized spacial score (nSPS) is 21.7. The molecule has 2 aromatic rings. The van der Waals surface area contributed by atoms with E-state index in [0.717, 1.165) is 18.4 Å². The number of hydrogen-bond donors (Lipinski definition) is 1. The lowest BCUT2D eigenvalue weighted by atomic mass is 9.90. The van der Waals surface area contributed by atoms with E-state index in [2.05, 4.69) is 5.32 Å². The van der Waals surface area contributed by atoms with E-state index in [4.69, 9.17) is 4.74 Å². The Hall–Kier alpha value is -2.85. The Morgan fingerprint density at radius 2 is 1.88 bits per heavy atom. The molecule has 2 aliphatic heterocycles. The molecule has 0 spiro atoms. The van der Waals surface area contributed by atoms with Crippen LogP contribution in [-0.2, 0) is 19.4 Å². The number of ether oxygens (including phenoxy) is 1. The summed E-state index contributed by atoms with van der Waals surface area (Å²) < 4.78 is 57.0. The first kappa shape index (κ1) is 24.3. The van der Waals surface area contributed by atoms with Crippen molar-refractivity contribution in [2.24, 2.45) is 11.8 Å². The summed E-state index contributed by atoms with van der Waals surface area (Å²) in [7, 11) is -3.51. The van der Waals surface area contributed by atoms with Crippen LogP contribution in [0.5, 0.6) is 0 Å². The molecule has 0 aromatic heterocycles. The average molecular weight is 493 g/mol. The summed E-state index contributed by atoms with van der Waals surface area (Å²) in [6.07, 6.45) is 1.47. The molecule has 2 amide bonds. The second-order valence-corrected chi connectivity index (χ2v) is 11.1. The van der Waals surface area contributed by atoms with Gasteiger partial charge in [-0.3, -0.25) is 9.59 Å². The van der Waals surface area contributed by atoms with Crippen LogP contribution in [0.3, 0.4) is 0 Å². The fraction of sp³-hybridized carbons (Fsp3) is 0.417. The monoisotopic (exact) mass is 492 g/mol. The minimum Gasteiger partial charge on any atom is -0.381 e. The highest BCUT2D eigenvalue weighted by molar-refractivity contribution is 7.90. The van der Waals surface area contributed by atoms with Gasteiger partial charge >= 0.3 is 0 Å². The van der Waals surface area contributed by atoms with Gasteiger partial charge in [0.2, 0.25) is 5.91 Å². The second-order valence-electron chi connectivity index (χ2n) is 9.06. The number of benzene rings is 2. The van der Waals surface area contributed by atoms with Gasteiger partial charge < -0.3 is 15.0 Å². The highest BCUT2D eigenvalue weighted by Crippen LogP contribution is 2.32. The Morgan fingerprint density at radius 3 is 2.50 bits per heavy atom. The molecule has 182 valence electrons. The van der Waals surface area contributed by atoms with E-state index in [1.807, 2.05) is 6.92 Å². The third-order valence-electron chi connectivity index (χ3n) is 6.31. The summed E-state index contributed by atoms with van der Waals surface area (Å²) in [6, 6.07) is 7.39. The van der Waals surface area contributed by atoms with E-state index in [1.54, 1.807) is 0 Å². The minimum atomic E-state index is -3.51. The average Bonchev–Trinajstić information content (AvgIpc) is 3.13. The van der Waals surface area contributed by atoms with Gasteiger partial charge in [0, 0.05) is 35.9 Å². The Kier molecular flexibility index (Phi) is 6.73. The van der Waals surface area contributed by atoms with Gasteiger partial charge in [0.15, 0.2) is 9.84 Å². The van der Waals surface area contributed by atoms with Crippen LogP contribution in [0.2, 0.25) is 0 Å². The van der Waals surface area contributed by atoms with Gasteiger partial charge in [-0.1, -0.05) is 19.1 Å². The fourth-order valence-corrected chi connectivity index (χ4v) is 5.11. The van der Waals surface area contributed by atoms with Crippen molar-refractivity contribution in [2.45, 2.75) is 30.3 Å². The highest BCUT2D eigenvalue weighted by Gasteiger charge is 2.41. The first-order valence-corrected chi connectivity index (χ1v) is 12.9. The van der Waals surface area contributed by atoms with E-state index in [-0.39, 0.29) is 27.9 Å². The molecule has 2 aliphatic rings. The fourth-order valence-electron chi connectivity index (χ4n) is 4.44. The topological polar surface area (TPSA) is 92.8 Å². The van der Waals surface area contributed by atoms with E-state index in [9.17, 15) is 26.8 Å². The number of sulfone groups is 1. The largest absolute Gasteiger partial charge is 0.381 e. The zero-order valence-electron chi connectivity index (χ0n) is 18.8. The molecular formula is C24H26F2N2O5S. The van der Waals surface area contributed by atoms with Crippen molar-refractivity contribution in [3.63, 3.8) is 0 Å². The summed E-state index contributed by atoms with van der Waals surface area (Å²) >= 11 is 0. The van der Waals surface area contributed by atoms with Crippen molar-refractivity contribution < 1.29 is 31.5 Å². The molecule has 34 heavy (non-hydrogen) atoms. The molecule has 2 aromatic carbocycles. The summed E-state index contributed by atoms with van der Waals surface area (Å²) in [5.41, 5.74) is 0.330.